The van der Waals surface area contributed by atoms with Crippen LogP contribution in [0.1, 0.15) is 25.8 Å². The highest BCUT2D eigenvalue weighted by Crippen LogP contribution is 2.46. The van der Waals surface area contributed by atoms with Gasteiger partial charge in [0.2, 0.25) is 0 Å². The van der Waals surface area contributed by atoms with E-state index >= 15 is 0 Å². The van der Waals surface area contributed by atoms with Gasteiger partial charge < -0.3 is 4.74 Å². The number of ether oxygens (including phenoxy) is 1. The van der Waals surface area contributed by atoms with E-state index in [1.807, 2.05) is 12.1 Å². The second kappa shape index (κ2) is 5.86. The molecule has 0 saturated carbocycles. The van der Waals surface area contributed by atoms with Gasteiger partial charge in [0.05, 0.1) is 6.61 Å². The van der Waals surface area contributed by atoms with E-state index in [1.165, 1.54) is 6.92 Å². The Morgan fingerprint density at radius 3 is 2.48 bits per heavy atom. The molecular weight excluding hydrogens is 288 g/mol. The Balaban J connectivity index is 2.38. The van der Waals surface area contributed by atoms with Crippen LogP contribution in [-0.4, -0.2) is 18.4 Å². The Morgan fingerprint density at radius 1 is 1.33 bits per heavy atom. The molecule has 1 atom stereocenters. The first-order valence-electron chi connectivity index (χ1n) is 6.76. The van der Waals surface area contributed by atoms with E-state index in [4.69, 9.17) is 16.3 Å². The van der Waals surface area contributed by atoms with Crippen LogP contribution >= 0.6 is 11.6 Å². The number of rotatable bonds is 4. The highest BCUT2D eigenvalue weighted by Gasteiger charge is 2.50. The van der Waals surface area contributed by atoms with E-state index in [0.29, 0.717) is 10.6 Å². The summed E-state index contributed by atoms with van der Waals surface area (Å²) in [6, 6.07) is 7.28. The molecule has 3 nitrogen and oxygen atoms in total. The first-order valence-corrected chi connectivity index (χ1v) is 7.13. The van der Waals surface area contributed by atoms with E-state index in [1.54, 1.807) is 25.1 Å². The predicted octanol–water partition coefficient (Wildman–Crippen LogP) is 3.82. The lowest BCUT2D eigenvalue weighted by molar-refractivity contribution is -0.156. The molecular formula is C17H17ClO3. The smallest absolute Gasteiger partial charge is 0.324 e. The van der Waals surface area contributed by atoms with Crippen molar-refractivity contribution in [2.45, 2.75) is 20.3 Å². The van der Waals surface area contributed by atoms with Crippen LogP contribution in [0.2, 0.25) is 5.02 Å². The van der Waals surface area contributed by atoms with E-state index in [-0.39, 0.29) is 18.8 Å². The van der Waals surface area contributed by atoms with Crippen molar-refractivity contribution in [1.82, 2.24) is 0 Å². The molecule has 0 heterocycles. The molecule has 0 aliphatic heterocycles. The van der Waals surface area contributed by atoms with Gasteiger partial charge in [-0.05, 0) is 42.7 Å². The van der Waals surface area contributed by atoms with Gasteiger partial charge in [-0.15, -0.1) is 0 Å². The fraction of sp³-hybridized carbons (Fsp3) is 0.294. The third kappa shape index (κ3) is 2.66. The molecule has 2 rings (SSSR count). The summed E-state index contributed by atoms with van der Waals surface area (Å²) in [5.74, 6) is -0.770. The molecule has 0 bridgehead atoms. The zero-order valence-corrected chi connectivity index (χ0v) is 12.9. The fourth-order valence-electron chi connectivity index (χ4n) is 2.58. The van der Waals surface area contributed by atoms with Crippen LogP contribution in [0.5, 0.6) is 0 Å². The summed E-state index contributed by atoms with van der Waals surface area (Å²) in [4.78, 5) is 24.4. The minimum absolute atomic E-state index is 0.234. The molecule has 21 heavy (non-hydrogen) atoms. The largest absolute Gasteiger partial charge is 0.465 e. The van der Waals surface area contributed by atoms with Crippen LogP contribution < -0.4 is 0 Å². The summed E-state index contributed by atoms with van der Waals surface area (Å²) in [5.41, 5.74) is 1.01. The molecule has 1 aromatic rings. The molecule has 0 N–H and O–H groups in total. The number of halogens is 1. The average molecular weight is 305 g/mol. The van der Waals surface area contributed by atoms with Gasteiger partial charge in [-0.2, -0.15) is 0 Å². The van der Waals surface area contributed by atoms with Gasteiger partial charge in [-0.25, -0.2) is 0 Å². The Kier molecular flexibility index (Phi) is 4.33. The molecule has 0 aromatic heterocycles. The molecule has 0 fully saturated rings. The lowest BCUT2D eigenvalue weighted by atomic mass is 9.77. The van der Waals surface area contributed by atoms with Crippen molar-refractivity contribution >= 4 is 28.9 Å². The first kappa shape index (κ1) is 15.5. The van der Waals surface area contributed by atoms with E-state index in [2.05, 4.69) is 6.58 Å². The number of ketones is 1. The van der Waals surface area contributed by atoms with E-state index in [0.717, 1.165) is 11.1 Å². The number of benzene rings is 1. The van der Waals surface area contributed by atoms with Crippen molar-refractivity contribution in [2.75, 3.05) is 6.61 Å². The zero-order chi connectivity index (χ0) is 15.6. The molecule has 0 spiro atoms. The van der Waals surface area contributed by atoms with Crippen molar-refractivity contribution in [3.63, 3.8) is 0 Å². The van der Waals surface area contributed by atoms with Crippen LogP contribution in [0.25, 0.3) is 5.57 Å². The number of hydrogen-bond donors (Lipinski definition) is 0. The second-order valence-electron chi connectivity index (χ2n) is 5.06. The van der Waals surface area contributed by atoms with E-state index in [9.17, 15) is 9.59 Å². The summed E-state index contributed by atoms with van der Waals surface area (Å²) < 4.78 is 5.09. The standard InChI is InChI=1S/C17H17ClO3/c1-4-21-16(20)17(12(3)19)10-14(9-11(17)2)13-5-7-15(18)8-6-13/h5-9H,2,4,10H2,1,3H3. The molecule has 0 radical (unpaired) electrons. The highest BCUT2D eigenvalue weighted by molar-refractivity contribution is 6.30. The molecule has 1 aromatic carbocycles. The Labute approximate surface area is 129 Å². The van der Waals surface area contributed by atoms with Crippen molar-refractivity contribution < 1.29 is 14.3 Å². The zero-order valence-electron chi connectivity index (χ0n) is 12.1. The molecule has 1 aliphatic rings. The molecule has 1 unspecified atom stereocenters. The Bertz CT molecular complexity index is 628. The molecule has 4 heteroatoms. The van der Waals surface area contributed by atoms with Crippen molar-refractivity contribution in [3.8, 4) is 0 Å². The van der Waals surface area contributed by atoms with Gasteiger partial charge in [0.25, 0.3) is 0 Å². The molecule has 0 saturated heterocycles. The van der Waals surface area contributed by atoms with Crippen LogP contribution in [-0.2, 0) is 14.3 Å². The Morgan fingerprint density at radius 2 is 1.95 bits per heavy atom. The summed E-state index contributed by atoms with van der Waals surface area (Å²) >= 11 is 5.88. The third-order valence-electron chi connectivity index (χ3n) is 3.79. The van der Waals surface area contributed by atoms with Crippen LogP contribution in [0, 0.1) is 5.41 Å². The summed E-state index contributed by atoms with van der Waals surface area (Å²) in [7, 11) is 0. The number of hydrogen-bond acceptors (Lipinski definition) is 3. The topological polar surface area (TPSA) is 43.4 Å². The maximum atomic E-state index is 12.3. The quantitative estimate of drug-likeness (QED) is 0.627. The van der Waals surface area contributed by atoms with Gasteiger partial charge in [0.15, 0.2) is 11.2 Å². The van der Waals surface area contributed by atoms with Crippen molar-refractivity contribution in [2.24, 2.45) is 5.41 Å². The Hall–Kier alpha value is -1.87. The lowest BCUT2D eigenvalue weighted by Gasteiger charge is -2.25. The number of Topliss-reactive ketones (excluding diaryl/α,β-unsaturated/α-hetero) is 1. The van der Waals surface area contributed by atoms with Gasteiger partial charge in [0.1, 0.15) is 0 Å². The van der Waals surface area contributed by atoms with Gasteiger partial charge in [-0.1, -0.05) is 36.4 Å². The number of carbonyl (C=O) groups is 2. The monoisotopic (exact) mass is 304 g/mol. The maximum absolute atomic E-state index is 12.3. The van der Waals surface area contributed by atoms with E-state index < -0.39 is 11.4 Å². The average Bonchev–Trinajstić information content (AvgIpc) is 2.78. The SMILES string of the molecule is C=C1C=C(c2ccc(Cl)cc2)CC1(C(C)=O)C(=O)OCC. The van der Waals surface area contributed by atoms with Gasteiger partial charge in [-0.3, -0.25) is 9.59 Å². The van der Waals surface area contributed by atoms with Gasteiger partial charge in [0, 0.05) is 11.4 Å². The van der Waals surface area contributed by atoms with Gasteiger partial charge >= 0.3 is 5.97 Å². The van der Waals surface area contributed by atoms with Crippen LogP contribution in [0.15, 0.2) is 42.5 Å². The predicted molar refractivity (Wildman–Crippen MR) is 82.9 cm³/mol. The summed E-state index contributed by atoms with van der Waals surface area (Å²) in [6.45, 7) is 7.26. The molecule has 1 aliphatic carbocycles. The highest BCUT2D eigenvalue weighted by atomic mass is 35.5. The first-order chi connectivity index (χ1) is 9.91. The minimum atomic E-state index is -1.29. The summed E-state index contributed by atoms with van der Waals surface area (Å²) in [6.07, 6.45) is 2.07. The third-order valence-corrected chi connectivity index (χ3v) is 4.04. The molecule has 0 amide bonds. The van der Waals surface area contributed by atoms with Crippen molar-refractivity contribution in [3.05, 3.63) is 53.1 Å². The number of carbonyl (C=O) groups excluding carboxylic acids is 2. The number of allylic oxidation sites excluding steroid dienone is 2. The lowest BCUT2D eigenvalue weighted by Crippen LogP contribution is -2.38. The normalized spacial score (nSPS) is 21.1. The van der Waals surface area contributed by atoms with Crippen LogP contribution in [0.3, 0.4) is 0 Å². The number of esters is 1. The second-order valence-corrected chi connectivity index (χ2v) is 5.50. The maximum Gasteiger partial charge on any atom is 0.324 e. The van der Waals surface area contributed by atoms with Crippen LogP contribution in [0.4, 0.5) is 0 Å². The minimum Gasteiger partial charge on any atom is -0.465 e. The molecule has 110 valence electrons. The fourth-order valence-corrected chi connectivity index (χ4v) is 2.71. The van der Waals surface area contributed by atoms with Crippen molar-refractivity contribution in [1.29, 1.82) is 0 Å². The summed E-state index contributed by atoms with van der Waals surface area (Å²) in [5, 5.41) is 0.638.